The third-order valence-corrected chi connectivity index (χ3v) is 6.16. The second-order valence-electron chi connectivity index (χ2n) is 2.37. The van der Waals surface area contributed by atoms with Gasteiger partial charge in [-0.2, -0.15) is 0 Å². The minimum Gasteiger partial charge on any atom is -0.142 e. The van der Waals surface area contributed by atoms with Gasteiger partial charge in [0.25, 0.3) is 0 Å². The maximum Gasteiger partial charge on any atom is 0.131 e. The van der Waals surface area contributed by atoms with Crippen LogP contribution >= 0.6 is 46.7 Å². The topological polar surface area (TPSA) is 0 Å². The fourth-order valence-electron chi connectivity index (χ4n) is 0.776. The van der Waals surface area contributed by atoms with Gasteiger partial charge in [-0.1, -0.05) is 0 Å². The van der Waals surface area contributed by atoms with Gasteiger partial charge >= 0.3 is 0 Å². The van der Waals surface area contributed by atoms with E-state index in [2.05, 4.69) is 6.92 Å². The number of hydrogen-bond acceptors (Lipinski definition) is 2. The van der Waals surface area contributed by atoms with E-state index in [1.807, 2.05) is 23.5 Å². The van der Waals surface area contributed by atoms with Crippen molar-refractivity contribution in [2.45, 2.75) is 22.3 Å². The maximum atomic E-state index is 5.82. The molecule has 0 radical (unpaired) electrons. The van der Waals surface area contributed by atoms with Crippen LogP contribution in [0.4, 0.5) is 0 Å². The highest BCUT2D eigenvalue weighted by Crippen LogP contribution is 2.47. The molecule has 0 amide bonds. The van der Waals surface area contributed by atoms with Crippen LogP contribution in [0.5, 0.6) is 0 Å². The van der Waals surface area contributed by atoms with E-state index < -0.39 is 0 Å². The van der Waals surface area contributed by atoms with Crippen LogP contribution in [0.15, 0.2) is 0 Å². The van der Waals surface area contributed by atoms with Crippen LogP contribution in [0.25, 0.3) is 0 Å². The normalized spacial score (nSPS) is 25.2. The smallest absolute Gasteiger partial charge is 0.131 e. The molecule has 1 fully saturated rings. The Hall–Kier alpha value is 1.28. The standard InChI is InChI=1S/C6H10Cl2S2/c1-6(5(7)8)9-3-2-4-10-6/h5H,2-4H2,1H3. The van der Waals surface area contributed by atoms with Crippen LogP contribution in [-0.2, 0) is 0 Å². The molecule has 1 heterocycles. The molecule has 0 nitrogen and oxygen atoms in total. The summed E-state index contributed by atoms with van der Waals surface area (Å²) in [5, 5.41) is 0. The predicted molar refractivity (Wildman–Crippen MR) is 53.4 cm³/mol. The minimum atomic E-state index is -0.247. The Labute approximate surface area is 80.4 Å². The molecule has 0 bridgehead atoms. The average Bonchev–Trinajstić information content (AvgIpc) is 1.89. The van der Waals surface area contributed by atoms with Crippen LogP contribution in [0.3, 0.4) is 0 Å². The third-order valence-electron chi connectivity index (χ3n) is 1.46. The van der Waals surface area contributed by atoms with Gasteiger partial charge in [0.1, 0.15) is 4.84 Å². The third kappa shape index (κ3) is 2.13. The molecule has 60 valence electrons. The Morgan fingerprint density at radius 3 is 2.10 bits per heavy atom. The van der Waals surface area contributed by atoms with Crippen molar-refractivity contribution in [3.05, 3.63) is 0 Å². The monoisotopic (exact) mass is 216 g/mol. The number of halogens is 2. The van der Waals surface area contributed by atoms with Gasteiger partial charge in [0.2, 0.25) is 0 Å². The molecule has 1 saturated heterocycles. The lowest BCUT2D eigenvalue weighted by Gasteiger charge is -2.33. The first-order valence-electron chi connectivity index (χ1n) is 3.21. The Bertz CT molecular complexity index is 110. The summed E-state index contributed by atoms with van der Waals surface area (Å²) in [4.78, 5) is -0.247. The highest BCUT2D eigenvalue weighted by molar-refractivity contribution is 8.19. The van der Waals surface area contributed by atoms with E-state index in [0.29, 0.717) is 0 Å². The molecule has 0 aromatic carbocycles. The van der Waals surface area contributed by atoms with Crippen molar-refractivity contribution < 1.29 is 0 Å². The van der Waals surface area contributed by atoms with Crippen LogP contribution < -0.4 is 0 Å². The number of alkyl halides is 2. The summed E-state index contributed by atoms with van der Waals surface area (Å²) >= 11 is 15.4. The Kier molecular flexibility index (Phi) is 3.55. The van der Waals surface area contributed by atoms with E-state index in [1.165, 1.54) is 17.9 Å². The Morgan fingerprint density at radius 1 is 1.30 bits per heavy atom. The quantitative estimate of drug-likeness (QED) is 0.617. The van der Waals surface area contributed by atoms with Crippen LogP contribution in [0.1, 0.15) is 13.3 Å². The van der Waals surface area contributed by atoms with E-state index in [9.17, 15) is 0 Å². The van der Waals surface area contributed by atoms with Gasteiger partial charge in [0, 0.05) is 0 Å². The number of hydrogen-bond donors (Lipinski definition) is 0. The van der Waals surface area contributed by atoms with Crippen molar-refractivity contribution in [2.75, 3.05) is 11.5 Å². The zero-order valence-corrected chi connectivity index (χ0v) is 8.92. The maximum absolute atomic E-state index is 5.82. The van der Waals surface area contributed by atoms with E-state index >= 15 is 0 Å². The first kappa shape index (κ1) is 9.37. The van der Waals surface area contributed by atoms with Crippen molar-refractivity contribution in [3.8, 4) is 0 Å². The first-order valence-corrected chi connectivity index (χ1v) is 6.05. The lowest BCUT2D eigenvalue weighted by atomic mass is 10.5. The van der Waals surface area contributed by atoms with Gasteiger partial charge < -0.3 is 0 Å². The van der Waals surface area contributed by atoms with Gasteiger partial charge in [-0.15, -0.1) is 46.7 Å². The molecular formula is C6H10Cl2S2. The lowest BCUT2D eigenvalue weighted by Crippen LogP contribution is -2.28. The molecule has 0 aliphatic carbocycles. The van der Waals surface area contributed by atoms with E-state index in [0.717, 1.165) is 0 Å². The van der Waals surface area contributed by atoms with Crippen molar-refractivity contribution in [3.63, 3.8) is 0 Å². The molecular weight excluding hydrogens is 207 g/mol. The molecule has 10 heavy (non-hydrogen) atoms. The molecule has 0 spiro atoms. The molecule has 0 aromatic rings. The molecule has 1 aliphatic rings. The highest BCUT2D eigenvalue weighted by atomic mass is 35.5. The fourth-order valence-corrected chi connectivity index (χ4v) is 4.19. The summed E-state index contributed by atoms with van der Waals surface area (Å²) in [6.07, 6.45) is 1.28. The average molecular weight is 217 g/mol. The second kappa shape index (κ2) is 3.79. The number of rotatable bonds is 1. The van der Waals surface area contributed by atoms with Gasteiger partial charge in [-0.3, -0.25) is 0 Å². The molecule has 0 unspecified atom stereocenters. The molecule has 0 aromatic heterocycles. The summed E-state index contributed by atoms with van der Waals surface area (Å²) < 4.78 is 0.0430. The highest BCUT2D eigenvalue weighted by Gasteiger charge is 2.34. The fraction of sp³-hybridized carbons (Fsp3) is 1.00. The molecule has 0 N–H and O–H groups in total. The Balaban J connectivity index is 2.48. The summed E-state index contributed by atoms with van der Waals surface area (Å²) in [6, 6.07) is 0. The predicted octanol–water partition coefficient (Wildman–Crippen LogP) is 3.38. The van der Waals surface area contributed by atoms with E-state index in [4.69, 9.17) is 23.2 Å². The summed E-state index contributed by atoms with van der Waals surface area (Å²) in [7, 11) is 0. The van der Waals surface area contributed by atoms with Gasteiger partial charge in [0.05, 0.1) is 4.08 Å². The van der Waals surface area contributed by atoms with E-state index in [-0.39, 0.29) is 8.92 Å². The SMILES string of the molecule is CC1(C(Cl)Cl)SCCCS1. The van der Waals surface area contributed by atoms with Crippen LogP contribution in [0.2, 0.25) is 0 Å². The lowest BCUT2D eigenvalue weighted by molar-refractivity contribution is 0.945. The second-order valence-corrected chi connectivity index (χ2v) is 6.81. The summed E-state index contributed by atoms with van der Waals surface area (Å²) in [6.45, 7) is 2.12. The van der Waals surface area contributed by atoms with Crippen LogP contribution in [-0.4, -0.2) is 20.4 Å². The van der Waals surface area contributed by atoms with Crippen molar-refractivity contribution in [1.29, 1.82) is 0 Å². The molecule has 0 atom stereocenters. The zero-order valence-electron chi connectivity index (χ0n) is 5.77. The summed E-state index contributed by atoms with van der Waals surface area (Å²) in [5.74, 6) is 2.39. The first-order chi connectivity index (χ1) is 4.65. The van der Waals surface area contributed by atoms with Gasteiger partial charge in [0.15, 0.2) is 0 Å². The largest absolute Gasteiger partial charge is 0.142 e. The van der Waals surface area contributed by atoms with Crippen LogP contribution in [0, 0.1) is 0 Å². The van der Waals surface area contributed by atoms with Gasteiger partial charge in [-0.25, -0.2) is 0 Å². The molecule has 1 aliphatic heterocycles. The van der Waals surface area contributed by atoms with Gasteiger partial charge in [-0.05, 0) is 24.9 Å². The van der Waals surface area contributed by atoms with Crippen molar-refractivity contribution >= 4 is 46.7 Å². The number of thioether (sulfide) groups is 2. The molecule has 0 saturated carbocycles. The zero-order chi connectivity index (χ0) is 7.61. The van der Waals surface area contributed by atoms with E-state index in [1.54, 1.807) is 0 Å². The Morgan fingerprint density at radius 2 is 1.80 bits per heavy atom. The summed E-state index contributed by atoms with van der Waals surface area (Å²) in [5.41, 5.74) is 0. The molecule has 1 rings (SSSR count). The van der Waals surface area contributed by atoms with Crippen molar-refractivity contribution in [1.82, 2.24) is 0 Å². The van der Waals surface area contributed by atoms with Crippen molar-refractivity contribution in [2.24, 2.45) is 0 Å². The minimum absolute atomic E-state index is 0.0430. The molecule has 4 heteroatoms.